The Hall–Kier alpha value is -1.20. The molecule has 0 aliphatic carbocycles. The summed E-state index contributed by atoms with van der Waals surface area (Å²) in [6.07, 6.45) is 0. The highest BCUT2D eigenvalue weighted by atomic mass is 35.5. The molecule has 0 saturated heterocycles. The molecule has 0 aliphatic heterocycles. The first-order chi connectivity index (χ1) is 6.22. The summed E-state index contributed by atoms with van der Waals surface area (Å²) in [6.45, 7) is -0.00962. The van der Waals surface area contributed by atoms with Crippen molar-refractivity contribution < 1.29 is 9.53 Å². The molecular weight excluding hydrogens is 194 g/mol. The van der Waals surface area contributed by atoms with E-state index in [2.05, 4.69) is 20.3 Å². The van der Waals surface area contributed by atoms with Crippen LogP contribution in [0, 0.1) is 0 Å². The van der Waals surface area contributed by atoms with Crippen LogP contribution in [0.2, 0.25) is 5.15 Å². The summed E-state index contributed by atoms with van der Waals surface area (Å²) in [5.74, 6) is 0.0746. The SMILES string of the molecule is COCC(=O)Nc1ccc(Cl)nn1. The first-order valence-electron chi connectivity index (χ1n) is 3.50. The summed E-state index contributed by atoms with van der Waals surface area (Å²) in [6, 6.07) is 3.10. The van der Waals surface area contributed by atoms with Gasteiger partial charge in [0.2, 0.25) is 0 Å². The molecule has 1 aromatic heterocycles. The first-order valence-corrected chi connectivity index (χ1v) is 3.88. The summed E-state index contributed by atoms with van der Waals surface area (Å²) in [7, 11) is 1.44. The van der Waals surface area contributed by atoms with E-state index in [0.717, 1.165) is 0 Å². The van der Waals surface area contributed by atoms with Crippen molar-refractivity contribution in [1.29, 1.82) is 0 Å². The number of ether oxygens (including phenoxy) is 1. The highest BCUT2D eigenvalue weighted by Crippen LogP contribution is 2.05. The molecule has 5 nitrogen and oxygen atoms in total. The van der Waals surface area contributed by atoms with E-state index in [1.165, 1.54) is 13.2 Å². The van der Waals surface area contributed by atoms with E-state index in [0.29, 0.717) is 5.82 Å². The normalized spacial score (nSPS) is 9.69. The van der Waals surface area contributed by atoms with Crippen molar-refractivity contribution in [3.8, 4) is 0 Å². The second-order valence-electron chi connectivity index (χ2n) is 2.22. The number of aromatic nitrogens is 2. The van der Waals surface area contributed by atoms with Gasteiger partial charge >= 0.3 is 0 Å². The van der Waals surface area contributed by atoms with E-state index in [-0.39, 0.29) is 17.7 Å². The van der Waals surface area contributed by atoms with Gasteiger partial charge in [-0.25, -0.2) is 0 Å². The Bertz CT molecular complexity index is 288. The fourth-order valence-electron chi connectivity index (χ4n) is 0.693. The third-order valence-corrected chi connectivity index (χ3v) is 1.38. The number of carbonyl (C=O) groups is 1. The second kappa shape index (κ2) is 4.74. The number of methoxy groups -OCH3 is 1. The highest BCUT2D eigenvalue weighted by molar-refractivity contribution is 6.29. The van der Waals surface area contributed by atoms with E-state index in [1.807, 2.05) is 0 Å². The van der Waals surface area contributed by atoms with E-state index >= 15 is 0 Å². The van der Waals surface area contributed by atoms with Crippen molar-refractivity contribution in [2.45, 2.75) is 0 Å². The fourth-order valence-corrected chi connectivity index (χ4v) is 0.793. The van der Waals surface area contributed by atoms with Crippen LogP contribution in [0.1, 0.15) is 0 Å². The molecule has 0 radical (unpaired) electrons. The molecule has 1 heterocycles. The van der Waals surface area contributed by atoms with Crippen molar-refractivity contribution >= 4 is 23.3 Å². The maximum absolute atomic E-state index is 11.0. The average Bonchev–Trinajstić information content (AvgIpc) is 2.09. The van der Waals surface area contributed by atoms with Crippen LogP contribution in [-0.2, 0) is 9.53 Å². The lowest BCUT2D eigenvalue weighted by Gasteiger charge is -2.01. The van der Waals surface area contributed by atoms with Crippen molar-refractivity contribution in [3.63, 3.8) is 0 Å². The number of nitrogens with zero attached hydrogens (tertiary/aromatic N) is 2. The molecule has 6 heteroatoms. The van der Waals surface area contributed by atoms with E-state index < -0.39 is 0 Å². The first kappa shape index (κ1) is 9.88. The maximum atomic E-state index is 11.0. The van der Waals surface area contributed by atoms with Crippen molar-refractivity contribution in [1.82, 2.24) is 10.2 Å². The van der Waals surface area contributed by atoms with Crippen molar-refractivity contribution in [2.24, 2.45) is 0 Å². The minimum Gasteiger partial charge on any atom is -0.375 e. The average molecular weight is 202 g/mol. The van der Waals surface area contributed by atoms with E-state index in [4.69, 9.17) is 11.6 Å². The molecule has 13 heavy (non-hydrogen) atoms. The van der Waals surface area contributed by atoms with Gasteiger partial charge in [-0.15, -0.1) is 10.2 Å². The van der Waals surface area contributed by atoms with Crippen LogP contribution >= 0.6 is 11.6 Å². The Morgan fingerprint density at radius 1 is 1.62 bits per heavy atom. The molecule has 1 N–H and O–H groups in total. The predicted molar refractivity (Wildman–Crippen MR) is 47.5 cm³/mol. The van der Waals surface area contributed by atoms with Gasteiger partial charge in [0.25, 0.3) is 5.91 Å². The van der Waals surface area contributed by atoms with Gasteiger partial charge in [0.05, 0.1) is 0 Å². The number of hydrogen-bond acceptors (Lipinski definition) is 4. The monoisotopic (exact) mass is 201 g/mol. The molecule has 1 amide bonds. The molecule has 1 aromatic rings. The van der Waals surface area contributed by atoms with Crippen molar-refractivity contribution in [2.75, 3.05) is 19.0 Å². The zero-order valence-corrected chi connectivity index (χ0v) is 7.71. The van der Waals surface area contributed by atoms with E-state index in [9.17, 15) is 4.79 Å². The summed E-state index contributed by atoms with van der Waals surface area (Å²) in [5.41, 5.74) is 0. The van der Waals surface area contributed by atoms with Gasteiger partial charge in [-0.1, -0.05) is 11.6 Å². The molecule has 0 atom stereocenters. The molecule has 0 aliphatic rings. The Kier molecular flexibility index (Phi) is 3.60. The lowest BCUT2D eigenvalue weighted by atomic mass is 10.5. The number of amides is 1. The maximum Gasteiger partial charge on any atom is 0.251 e. The largest absolute Gasteiger partial charge is 0.375 e. The number of anilines is 1. The quantitative estimate of drug-likeness (QED) is 0.783. The molecule has 0 bridgehead atoms. The van der Waals surface area contributed by atoms with Gasteiger partial charge in [0, 0.05) is 7.11 Å². The molecule has 0 spiro atoms. The summed E-state index contributed by atoms with van der Waals surface area (Å²) in [4.78, 5) is 11.0. The number of hydrogen-bond donors (Lipinski definition) is 1. The second-order valence-corrected chi connectivity index (χ2v) is 2.61. The zero-order chi connectivity index (χ0) is 9.68. The van der Waals surface area contributed by atoms with Crippen LogP contribution in [0.25, 0.3) is 0 Å². The highest BCUT2D eigenvalue weighted by Gasteiger charge is 2.01. The molecule has 0 unspecified atom stereocenters. The lowest BCUT2D eigenvalue weighted by Crippen LogP contribution is -2.18. The van der Waals surface area contributed by atoms with Crippen LogP contribution in [0.15, 0.2) is 12.1 Å². The van der Waals surface area contributed by atoms with E-state index in [1.54, 1.807) is 6.07 Å². The van der Waals surface area contributed by atoms with Gasteiger partial charge in [-0.3, -0.25) is 4.79 Å². The van der Waals surface area contributed by atoms with Gasteiger partial charge in [0.1, 0.15) is 6.61 Å². The molecule has 1 rings (SSSR count). The predicted octanol–water partition coefficient (Wildman–Crippen LogP) is 0.715. The number of rotatable bonds is 3. The van der Waals surface area contributed by atoms with Crippen molar-refractivity contribution in [3.05, 3.63) is 17.3 Å². The Labute approximate surface area is 80.1 Å². The minimum atomic E-state index is -0.279. The summed E-state index contributed by atoms with van der Waals surface area (Å²) in [5, 5.41) is 9.94. The third kappa shape index (κ3) is 3.35. The van der Waals surface area contributed by atoms with Gasteiger partial charge in [0.15, 0.2) is 11.0 Å². The number of carbonyl (C=O) groups excluding carboxylic acids is 1. The van der Waals surface area contributed by atoms with Gasteiger partial charge < -0.3 is 10.1 Å². The number of nitrogens with one attached hydrogen (secondary N) is 1. The Morgan fingerprint density at radius 2 is 2.38 bits per heavy atom. The standard InChI is InChI=1S/C7H8ClN3O2/c1-13-4-7(12)9-6-3-2-5(8)10-11-6/h2-3H,4H2,1H3,(H,9,11,12). The van der Waals surface area contributed by atoms with Crippen LogP contribution in [0.3, 0.4) is 0 Å². The van der Waals surface area contributed by atoms with Crippen LogP contribution in [0.5, 0.6) is 0 Å². The molecular formula is C7H8ClN3O2. The topological polar surface area (TPSA) is 64.1 Å². The molecule has 0 saturated carbocycles. The Morgan fingerprint density at radius 3 is 2.92 bits per heavy atom. The lowest BCUT2D eigenvalue weighted by molar-refractivity contribution is -0.119. The molecule has 0 aromatic carbocycles. The number of halogens is 1. The molecule has 0 fully saturated rings. The summed E-state index contributed by atoms with van der Waals surface area (Å²) >= 11 is 5.50. The minimum absolute atomic E-state index is 0.00962. The summed E-state index contributed by atoms with van der Waals surface area (Å²) < 4.78 is 4.61. The van der Waals surface area contributed by atoms with Crippen LogP contribution in [-0.4, -0.2) is 29.8 Å². The zero-order valence-electron chi connectivity index (χ0n) is 6.95. The van der Waals surface area contributed by atoms with Gasteiger partial charge in [-0.2, -0.15) is 0 Å². The van der Waals surface area contributed by atoms with Gasteiger partial charge in [-0.05, 0) is 12.1 Å². The Balaban J connectivity index is 2.54. The van der Waals surface area contributed by atoms with Crippen LogP contribution in [0.4, 0.5) is 5.82 Å². The van der Waals surface area contributed by atoms with Crippen LogP contribution < -0.4 is 5.32 Å². The smallest absolute Gasteiger partial charge is 0.251 e. The molecule has 70 valence electrons. The fraction of sp³-hybridized carbons (Fsp3) is 0.286. The third-order valence-electron chi connectivity index (χ3n) is 1.17.